The Balaban J connectivity index is 1.86. The lowest BCUT2D eigenvalue weighted by atomic mass is 10.1. The highest BCUT2D eigenvalue weighted by atomic mass is 35.5. The number of aliphatic hydroxyl groups is 1. The normalized spacial score (nSPS) is 11.0. The van der Waals surface area contributed by atoms with E-state index in [0.717, 1.165) is 27.7 Å². The molecule has 0 fully saturated rings. The molecule has 0 spiro atoms. The van der Waals surface area contributed by atoms with E-state index in [4.69, 9.17) is 17.3 Å². The number of nitrogens with two attached hydrogens (primary N) is 1. The fourth-order valence-electron chi connectivity index (χ4n) is 2.80. The summed E-state index contributed by atoms with van der Waals surface area (Å²) in [6, 6.07) is 9.15. The average molecular weight is 359 g/mol. The van der Waals surface area contributed by atoms with Crippen molar-refractivity contribution < 1.29 is 9.90 Å². The molecule has 1 amide bonds. The number of imidazole rings is 1. The first-order valence-corrected chi connectivity index (χ1v) is 8.20. The first-order chi connectivity index (χ1) is 11.9. The van der Waals surface area contributed by atoms with Crippen LogP contribution in [0.15, 0.2) is 30.3 Å². The maximum absolute atomic E-state index is 12.5. The maximum atomic E-state index is 12.5. The summed E-state index contributed by atoms with van der Waals surface area (Å²) in [6.45, 7) is 3.68. The molecule has 0 aliphatic heterocycles. The van der Waals surface area contributed by atoms with Crippen LogP contribution in [-0.4, -0.2) is 20.6 Å². The Morgan fingerprint density at radius 2 is 2.08 bits per heavy atom. The molecule has 130 valence electrons. The summed E-state index contributed by atoms with van der Waals surface area (Å²) >= 11 is 6.28. The molecule has 0 aliphatic rings. The van der Waals surface area contributed by atoms with Gasteiger partial charge in [-0.1, -0.05) is 29.8 Å². The molecule has 4 N–H and O–H groups in total. The van der Waals surface area contributed by atoms with Crippen LogP contribution < -0.4 is 11.1 Å². The summed E-state index contributed by atoms with van der Waals surface area (Å²) in [7, 11) is 0. The Morgan fingerprint density at radius 1 is 1.32 bits per heavy atom. The molecule has 0 radical (unpaired) electrons. The quantitative estimate of drug-likeness (QED) is 0.668. The Labute approximate surface area is 150 Å². The lowest BCUT2D eigenvalue weighted by Crippen LogP contribution is -2.20. The zero-order valence-electron chi connectivity index (χ0n) is 14.0. The average Bonchev–Trinajstić information content (AvgIpc) is 2.90. The molecule has 1 aromatic heterocycles. The van der Waals surface area contributed by atoms with E-state index < -0.39 is 0 Å². The van der Waals surface area contributed by atoms with E-state index in [9.17, 15) is 9.90 Å². The lowest BCUT2D eigenvalue weighted by molar-refractivity contribution is -0.116. The van der Waals surface area contributed by atoms with E-state index in [1.165, 1.54) is 0 Å². The molecule has 3 rings (SSSR count). The van der Waals surface area contributed by atoms with E-state index in [1.807, 2.05) is 25.1 Å². The molecular formula is C18H19ClN4O2. The van der Waals surface area contributed by atoms with E-state index in [1.54, 1.807) is 23.6 Å². The molecule has 0 unspecified atom stereocenters. The van der Waals surface area contributed by atoms with E-state index in [2.05, 4.69) is 10.3 Å². The highest BCUT2D eigenvalue weighted by Gasteiger charge is 2.15. The molecule has 0 atom stereocenters. The van der Waals surface area contributed by atoms with Crippen molar-refractivity contribution in [2.45, 2.75) is 27.0 Å². The van der Waals surface area contributed by atoms with Gasteiger partial charge < -0.3 is 20.7 Å². The minimum atomic E-state index is -0.259. The van der Waals surface area contributed by atoms with Gasteiger partial charge in [-0.2, -0.15) is 0 Å². The largest absolute Gasteiger partial charge is 0.392 e. The number of aliphatic hydroxyl groups excluding tert-OH is 1. The number of carbonyl (C=O) groups excluding carboxylic acids is 1. The summed E-state index contributed by atoms with van der Waals surface area (Å²) in [4.78, 5) is 16.8. The van der Waals surface area contributed by atoms with Gasteiger partial charge >= 0.3 is 0 Å². The molecule has 1 heterocycles. The van der Waals surface area contributed by atoms with Crippen LogP contribution in [-0.2, 0) is 17.9 Å². The molecule has 0 saturated heterocycles. The third-order valence-electron chi connectivity index (χ3n) is 4.25. The van der Waals surface area contributed by atoms with Crippen LogP contribution in [0.4, 0.5) is 11.6 Å². The minimum Gasteiger partial charge on any atom is -0.392 e. The van der Waals surface area contributed by atoms with Gasteiger partial charge in [0.2, 0.25) is 11.9 Å². The number of nitrogens with one attached hydrogen (secondary N) is 1. The third kappa shape index (κ3) is 3.18. The Morgan fingerprint density at radius 3 is 2.80 bits per heavy atom. The Bertz CT molecular complexity index is 965. The first-order valence-electron chi connectivity index (χ1n) is 7.82. The summed E-state index contributed by atoms with van der Waals surface area (Å²) in [6.07, 6.45) is 0. The number of hydrogen-bond acceptors (Lipinski definition) is 4. The second-order valence-corrected chi connectivity index (χ2v) is 6.29. The van der Waals surface area contributed by atoms with E-state index >= 15 is 0 Å². The summed E-state index contributed by atoms with van der Waals surface area (Å²) in [5.41, 5.74) is 10.5. The van der Waals surface area contributed by atoms with Gasteiger partial charge in [0, 0.05) is 0 Å². The predicted octanol–water partition coefficient (Wildman–Crippen LogP) is 3.02. The molecular weight excluding hydrogens is 340 g/mol. The molecule has 0 saturated carbocycles. The van der Waals surface area contributed by atoms with Crippen molar-refractivity contribution >= 4 is 40.2 Å². The van der Waals surface area contributed by atoms with Gasteiger partial charge in [-0.3, -0.25) is 4.79 Å². The zero-order valence-corrected chi connectivity index (χ0v) is 14.8. The van der Waals surface area contributed by atoms with Crippen LogP contribution in [0.1, 0.15) is 16.7 Å². The van der Waals surface area contributed by atoms with Gasteiger partial charge in [0.05, 0.1) is 28.4 Å². The number of hydrogen-bond donors (Lipinski definition) is 3. The Kier molecular flexibility index (Phi) is 4.65. The van der Waals surface area contributed by atoms with Crippen molar-refractivity contribution in [1.29, 1.82) is 0 Å². The van der Waals surface area contributed by atoms with Crippen LogP contribution in [0, 0.1) is 13.8 Å². The summed E-state index contributed by atoms with van der Waals surface area (Å²) in [5, 5.41) is 12.5. The number of benzene rings is 2. The van der Waals surface area contributed by atoms with Crippen LogP contribution in [0.3, 0.4) is 0 Å². The smallest absolute Gasteiger partial charge is 0.244 e. The highest BCUT2D eigenvalue weighted by Crippen LogP contribution is 2.28. The van der Waals surface area contributed by atoms with Crippen LogP contribution in [0.25, 0.3) is 11.0 Å². The third-order valence-corrected chi connectivity index (χ3v) is 4.74. The maximum Gasteiger partial charge on any atom is 0.244 e. The van der Waals surface area contributed by atoms with Crippen LogP contribution >= 0.6 is 11.6 Å². The van der Waals surface area contributed by atoms with Gasteiger partial charge in [0.15, 0.2) is 0 Å². The van der Waals surface area contributed by atoms with Crippen molar-refractivity contribution in [1.82, 2.24) is 9.55 Å². The standard InChI is InChI=1S/C18H19ClN4O2/c1-10-4-3-5-14-17(10)22-18(20)23(14)8-15(25)21-13-7-6-12(9-24)11(2)16(13)19/h3-7,24H,8-9H2,1-2H3,(H2,20,22)(H,21,25). The molecule has 7 heteroatoms. The number of fused-ring (bicyclic) bond motifs is 1. The number of aromatic nitrogens is 2. The topological polar surface area (TPSA) is 93.2 Å². The Hall–Kier alpha value is -2.57. The minimum absolute atomic E-state index is 0.0307. The van der Waals surface area contributed by atoms with Gasteiger partial charge in [0.25, 0.3) is 0 Å². The number of amides is 1. The summed E-state index contributed by atoms with van der Waals surface area (Å²) < 4.78 is 1.67. The van der Waals surface area contributed by atoms with Crippen molar-refractivity contribution in [3.05, 3.63) is 52.0 Å². The van der Waals surface area contributed by atoms with Crippen molar-refractivity contribution in [3.63, 3.8) is 0 Å². The van der Waals surface area contributed by atoms with Gasteiger partial charge in [-0.05, 0) is 42.7 Å². The number of aryl methyl sites for hydroxylation is 1. The molecule has 6 nitrogen and oxygen atoms in total. The monoisotopic (exact) mass is 358 g/mol. The number of halogens is 1. The SMILES string of the molecule is Cc1c(CO)ccc(NC(=O)Cn2c(N)nc3c(C)cccc32)c1Cl. The van der Waals surface area contributed by atoms with Crippen molar-refractivity contribution in [2.75, 3.05) is 11.1 Å². The zero-order chi connectivity index (χ0) is 18.1. The predicted molar refractivity (Wildman–Crippen MR) is 99.6 cm³/mol. The molecule has 2 aromatic carbocycles. The number of rotatable bonds is 4. The first kappa shape index (κ1) is 17.3. The van der Waals surface area contributed by atoms with E-state index in [-0.39, 0.29) is 25.0 Å². The second-order valence-electron chi connectivity index (χ2n) is 5.92. The molecule has 25 heavy (non-hydrogen) atoms. The van der Waals surface area contributed by atoms with Crippen LogP contribution in [0.5, 0.6) is 0 Å². The fourth-order valence-corrected chi connectivity index (χ4v) is 3.03. The molecule has 3 aromatic rings. The highest BCUT2D eigenvalue weighted by molar-refractivity contribution is 6.34. The number of nitrogen functional groups attached to an aromatic ring is 1. The number of anilines is 2. The van der Waals surface area contributed by atoms with Gasteiger partial charge in [0.1, 0.15) is 6.54 Å². The second kappa shape index (κ2) is 6.74. The van der Waals surface area contributed by atoms with Crippen molar-refractivity contribution in [2.24, 2.45) is 0 Å². The fraction of sp³-hybridized carbons (Fsp3) is 0.222. The van der Waals surface area contributed by atoms with Gasteiger partial charge in [-0.15, -0.1) is 0 Å². The molecule has 0 aliphatic carbocycles. The lowest BCUT2D eigenvalue weighted by Gasteiger charge is -2.12. The number of carbonyl (C=O) groups is 1. The van der Waals surface area contributed by atoms with E-state index in [0.29, 0.717) is 10.7 Å². The van der Waals surface area contributed by atoms with Crippen LogP contribution in [0.2, 0.25) is 5.02 Å². The van der Waals surface area contributed by atoms with Gasteiger partial charge in [-0.25, -0.2) is 4.98 Å². The molecule has 0 bridgehead atoms. The summed E-state index contributed by atoms with van der Waals surface area (Å²) in [5.74, 6) is 0.0305. The van der Waals surface area contributed by atoms with Crippen molar-refractivity contribution in [3.8, 4) is 0 Å². The number of para-hydroxylation sites is 1. The number of nitrogens with zero attached hydrogens (tertiary/aromatic N) is 2.